The summed E-state index contributed by atoms with van der Waals surface area (Å²) in [5.41, 5.74) is -0.656. The highest BCUT2D eigenvalue weighted by Crippen LogP contribution is 2.11. The molecule has 1 rings (SSSR count). The first-order chi connectivity index (χ1) is 8.01. The Bertz CT molecular complexity index is 467. The third-order valence-electron chi connectivity index (χ3n) is 2.31. The van der Waals surface area contributed by atoms with E-state index in [9.17, 15) is 15.0 Å². The first-order valence-electron chi connectivity index (χ1n) is 4.82. The minimum atomic E-state index is -1.54. The molecule has 0 bridgehead atoms. The summed E-state index contributed by atoms with van der Waals surface area (Å²) in [4.78, 5) is 13.7. The van der Waals surface area contributed by atoms with E-state index in [1.165, 1.54) is 19.4 Å². The van der Waals surface area contributed by atoms with Gasteiger partial charge in [-0.1, -0.05) is 12.2 Å². The second-order valence-corrected chi connectivity index (χ2v) is 3.82. The number of nitrogens with zero attached hydrogens (tertiary/aromatic N) is 1. The van der Waals surface area contributed by atoms with E-state index in [4.69, 9.17) is 22.1 Å². The predicted molar refractivity (Wildman–Crippen MR) is 61.0 cm³/mol. The minimum absolute atomic E-state index is 0.221. The molecule has 0 aliphatic rings. The topological polar surface area (TPSA) is 108 Å². The molecule has 0 fully saturated rings. The highest BCUT2D eigenvalue weighted by atomic mass is 32.1. The Morgan fingerprint density at radius 2 is 2.24 bits per heavy atom. The fraction of sp³-hybridized carbons (Fsp3) is 0.556. The fourth-order valence-corrected chi connectivity index (χ4v) is 1.46. The van der Waals surface area contributed by atoms with Gasteiger partial charge >= 0.3 is 5.69 Å². The van der Waals surface area contributed by atoms with Crippen molar-refractivity contribution in [1.82, 2.24) is 9.55 Å². The highest BCUT2D eigenvalue weighted by molar-refractivity contribution is 7.71. The molecule has 0 aromatic carbocycles. The van der Waals surface area contributed by atoms with E-state index in [0.717, 1.165) is 4.57 Å². The molecule has 3 atom stereocenters. The second kappa shape index (κ2) is 6.03. The molecular weight excluding hydrogens is 248 g/mol. The summed E-state index contributed by atoms with van der Waals surface area (Å²) in [6.45, 7) is -0.480. The summed E-state index contributed by atoms with van der Waals surface area (Å²) >= 11 is 4.73. The molecule has 1 aromatic heterocycles. The van der Waals surface area contributed by atoms with Crippen LogP contribution in [0.15, 0.2) is 17.1 Å². The van der Waals surface area contributed by atoms with E-state index in [1.54, 1.807) is 0 Å². The molecule has 17 heavy (non-hydrogen) atoms. The molecule has 0 aliphatic heterocycles. The average molecular weight is 262 g/mol. The zero-order valence-corrected chi connectivity index (χ0v) is 9.92. The van der Waals surface area contributed by atoms with Crippen molar-refractivity contribution in [3.63, 3.8) is 0 Å². The number of ether oxygens (including phenoxy) is 1. The molecule has 1 heterocycles. The van der Waals surface area contributed by atoms with Crippen LogP contribution in [0, 0.1) is 4.64 Å². The van der Waals surface area contributed by atoms with Gasteiger partial charge in [-0.2, -0.15) is 0 Å². The van der Waals surface area contributed by atoms with Crippen LogP contribution in [0.1, 0.15) is 6.23 Å². The van der Waals surface area contributed by atoms with Gasteiger partial charge in [0.2, 0.25) is 0 Å². The van der Waals surface area contributed by atoms with Gasteiger partial charge in [0.25, 0.3) is 0 Å². The summed E-state index contributed by atoms with van der Waals surface area (Å²) in [6, 6.07) is 1.40. The lowest BCUT2D eigenvalue weighted by molar-refractivity contribution is -0.118. The van der Waals surface area contributed by atoms with Crippen molar-refractivity contribution in [2.24, 2.45) is 0 Å². The molecule has 4 N–H and O–H groups in total. The molecule has 0 spiro atoms. The third kappa shape index (κ3) is 3.20. The number of hydrogen-bond acceptors (Lipinski definition) is 6. The number of aromatic amines is 1. The third-order valence-corrected chi connectivity index (χ3v) is 2.54. The first-order valence-corrected chi connectivity index (χ1v) is 5.23. The van der Waals surface area contributed by atoms with Crippen molar-refractivity contribution in [1.29, 1.82) is 0 Å². The SMILES string of the molecule is COC(CO)C(O)C(O)n1ccc(=S)[nH]c1=O. The molecule has 96 valence electrons. The van der Waals surface area contributed by atoms with Crippen LogP contribution >= 0.6 is 12.2 Å². The standard InChI is InChI=1S/C9H14N2O5S/c1-16-5(4-12)7(13)8(14)11-3-2-6(17)10-9(11)15/h2-3,5,7-8,12-14H,4H2,1H3,(H,10,15,17). The van der Waals surface area contributed by atoms with Crippen LogP contribution in [0.3, 0.4) is 0 Å². The van der Waals surface area contributed by atoms with Crippen LogP contribution in [0.2, 0.25) is 0 Å². The van der Waals surface area contributed by atoms with Crippen LogP contribution in [0.4, 0.5) is 0 Å². The van der Waals surface area contributed by atoms with Crippen LogP contribution in [0.25, 0.3) is 0 Å². The number of methoxy groups -OCH3 is 1. The molecule has 0 saturated heterocycles. The molecule has 3 unspecified atom stereocenters. The van der Waals surface area contributed by atoms with Crippen molar-refractivity contribution in [3.05, 3.63) is 27.4 Å². The summed E-state index contributed by atoms with van der Waals surface area (Å²) in [5.74, 6) is 0. The number of aromatic nitrogens is 2. The van der Waals surface area contributed by atoms with E-state index in [0.29, 0.717) is 0 Å². The molecule has 0 aliphatic carbocycles. The summed E-state index contributed by atoms with van der Waals surface area (Å²) in [5, 5.41) is 28.3. The van der Waals surface area contributed by atoms with Gasteiger partial charge in [-0.25, -0.2) is 4.79 Å². The Kier molecular flexibility index (Phi) is 4.97. The van der Waals surface area contributed by atoms with Gasteiger partial charge < -0.3 is 20.1 Å². The van der Waals surface area contributed by atoms with Gasteiger partial charge in [0.1, 0.15) is 16.8 Å². The van der Waals surface area contributed by atoms with Crippen molar-refractivity contribution in [2.75, 3.05) is 13.7 Å². The molecule has 0 saturated carbocycles. The summed E-state index contributed by atoms with van der Waals surface area (Å²) < 4.78 is 5.85. The van der Waals surface area contributed by atoms with Crippen molar-refractivity contribution >= 4 is 12.2 Å². The number of aliphatic hydroxyl groups is 3. The summed E-state index contributed by atoms with van der Waals surface area (Å²) in [7, 11) is 1.28. The van der Waals surface area contributed by atoms with E-state index in [1.807, 2.05) is 0 Å². The Balaban J connectivity index is 2.99. The summed E-state index contributed by atoms with van der Waals surface area (Å²) in [6.07, 6.45) is -2.71. The van der Waals surface area contributed by atoms with Crippen molar-refractivity contribution < 1.29 is 20.1 Å². The smallest absolute Gasteiger partial charge is 0.328 e. The van der Waals surface area contributed by atoms with Crippen LogP contribution in [0.5, 0.6) is 0 Å². The first kappa shape index (κ1) is 14.0. The molecule has 7 nitrogen and oxygen atoms in total. The maximum Gasteiger partial charge on any atom is 0.328 e. The molecular formula is C9H14N2O5S. The Morgan fingerprint density at radius 1 is 1.59 bits per heavy atom. The molecule has 0 radical (unpaired) electrons. The maximum absolute atomic E-state index is 11.5. The van der Waals surface area contributed by atoms with E-state index >= 15 is 0 Å². The predicted octanol–water partition coefficient (Wildman–Crippen LogP) is -1.24. The Morgan fingerprint density at radius 3 is 2.71 bits per heavy atom. The number of H-pyrrole nitrogens is 1. The van der Waals surface area contributed by atoms with Gasteiger partial charge in [-0.3, -0.25) is 9.55 Å². The normalized spacial score (nSPS) is 16.5. The lowest BCUT2D eigenvalue weighted by atomic mass is 10.2. The van der Waals surface area contributed by atoms with Crippen LogP contribution in [-0.2, 0) is 4.74 Å². The zero-order chi connectivity index (χ0) is 13.0. The number of aliphatic hydroxyl groups excluding tert-OH is 3. The lowest BCUT2D eigenvalue weighted by Crippen LogP contribution is -2.42. The zero-order valence-electron chi connectivity index (χ0n) is 9.11. The van der Waals surface area contributed by atoms with Gasteiger partial charge in [0, 0.05) is 13.3 Å². The van der Waals surface area contributed by atoms with Crippen LogP contribution < -0.4 is 5.69 Å². The maximum atomic E-state index is 11.5. The van der Waals surface area contributed by atoms with Gasteiger partial charge in [0.05, 0.1) is 6.61 Å². The highest BCUT2D eigenvalue weighted by Gasteiger charge is 2.27. The molecule has 0 amide bonds. The van der Waals surface area contributed by atoms with Gasteiger partial charge in [-0.05, 0) is 6.07 Å². The van der Waals surface area contributed by atoms with E-state index in [2.05, 4.69) is 4.98 Å². The number of nitrogens with one attached hydrogen (secondary N) is 1. The monoisotopic (exact) mass is 262 g/mol. The second-order valence-electron chi connectivity index (χ2n) is 3.38. The fourth-order valence-electron chi connectivity index (χ4n) is 1.31. The Labute approximate surface area is 102 Å². The molecule has 8 heteroatoms. The van der Waals surface area contributed by atoms with Gasteiger partial charge in [-0.15, -0.1) is 0 Å². The Hall–Kier alpha value is -1.06. The largest absolute Gasteiger partial charge is 0.394 e. The quantitative estimate of drug-likeness (QED) is 0.495. The van der Waals surface area contributed by atoms with Crippen molar-refractivity contribution in [2.45, 2.75) is 18.4 Å². The lowest BCUT2D eigenvalue weighted by Gasteiger charge is -2.25. The van der Waals surface area contributed by atoms with E-state index in [-0.39, 0.29) is 4.64 Å². The van der Waals surface area contributed by atoms with Gasteiger partial charge in [0.15, 0.2) is 6.23 Å². The number of hydrogen-bond donors (Lipinski definition) is 4. The van der Waals surface area contributed by atoms with Crippen molar-refractivity contribution in [3.8, 4) is 0 Å². The molecule has 1 aromatic rings. The van der Waals surface area contributed by atoms with E-state index < -0.39 is 30.7 Å². The minimum Gasteiger partial charge on any atom is -0.394 e. The average Bonchev–Trinajstić information content (AvgIpc) is 2.29. The number of rotatable bonds is 5. The van der Waals surface area contributed by atoms with Crippen LogP contribution in [-0.4, -0.2) is 50.8 Å².